The lowest BCUT2D eigenvalue weighted by atomic mass is 9.92. The molecule has 1 aliphatic rings. The molecule has 0 saturated heterocycles. The van der Waals surface area contributed by atoms with Crippen LogP contribution in [0.1, 0.15) is 53.5 Å². The normalized spacial score (nSPS) is 15.8. The zero-order chi connectivity index (χ0) is 21.4. The van der Waals surface area contributed by atoms with Crippen LogP contribution in [-0.2, 0) is 24.7 Å². The van der Waals surface area contributed by atoms with Gasteiger partial charge in [-0.3, -0.25) is 9.48 Å². The van der Waals surface area contributed by atoms with E-state index >= 15 is 0 Å². The first-order valence-electron chi connectivity index (χ1n) is 10.2. The van der Waals surface area contributed by atoms with Gasteiger partial charge in [-0.05, 0) is 57.2 Å². The van der Waals surface area contributed by atoms with Crippen LogP contribution >= 0.6 is 0 Å². The minimum atomic E-state index is -0.658. The number of aryl methyl sites for hydroxylation is 2. The van der Waals surface area contributed by atoms with Crippen molar-refractivity contribution in [2.75, 3.05) is 0 Å². The third-order valence-corrected chi connectivity index (χ3v) is 5.92. The second-order valence-electron chi connectivity index (χ2n) is 7.84. The maximum atomic E-state index is 14.2. The summed E-state index contributed by atoms with van der Waals surface area (Å²) in [5.41, 5.74) is 5.10. The van der Waals surface area contributed by atoms with Crippen LogP contribution < -0.4 is 5.32 Å². The molecule has 0 aliphatic heterocycles. The SMILES string of the molecule is Cc1nn(C)c(C)c1CCC(=O)N[C@@H]1CCCc2c1cnn2-c1ccc(F)cc1F. The minimum Gasteiger partial charge on any atom is -0.349 e. The molecule has 0 fully saturated rings. The van der Waals surface area contributed by atoms with Crippen molar-refractivity contribution < 1.29 is 13.6 Å². The van der Waals surface area contributed by atoms with Gasteiger partial charge >= 0.3 is 0 Å². The number of aromatic nitrogens is 4. The van der Waals surface area contributed by atoms with E-state index in [0.29, 0.717) is 12.8 Å². The molecule has 1 atom stereocenters. The monoisotopic (exact) mass is 413 g/mol. The summed E-state index contributed by atoms with van der Waals surface area (Å²) < 4.78 is 30.9. The Hall–Kier alpha value is -3.03. The van der Waals surface area contributed by atoms with Crippen LogP contribution in [0.15, 0.2) is 24.4 Å². The number of halogens is 2. The maximum Gasteiger partial charge on any atom is 0.220 e. The molecule has 2 heterocycles. The number of hydrogen-bond donors (Lipinski definition) is 1. The molecule has 0 spiro atoms. The quantitative estimate of drug-likeness (QED) is 0.695. The fourth-order valence-corrected chi connectivity index (χ4v) is 4.25. The van der Waals surface area contributed by atoms with E-state index < -0.39 is 11.6 Å². The zero-order valence-corrected chi connectivity index (χ0v) is 17.4. The van der Waals surface area contributed by atoms with Gasteiger partial charge in [-0.25, -0.2) is 13.5 Å². The molecule has 0 bridgehead atoms. The molecule has 30 heavy (non-hydrogen) atoms. The maximum absolute atomic E-state index is 14.2. The highest BCUT2D eigenvalue weighted by Gasteiger charge is 2.27. The van der Waals surface area contributed by atoms with Gasteiger partial charge in [0.15, 0.2) is 5.82 Å². The fraction of sp³-hybridized carbons (Fsp3) is 0.409. The Morgan fingerprint density at radius 3 is 2.80 bits per heavy atom. The topological polar surface area (TPSA) is 64.7 Å². The second-order valence-corrected chi connectivity index (χ2v) is 7.84. The summed E-state index contributed by atoms with van der Waals surface area (Å²) in [7, 11) is 1.90. The van der Waals surface area contributed by atoms with Gasteiger partial charge in [0.05, 0.1) is 17.9 Å². The molecule has 0 unspecified atom stereocenters. The van der Waals surface area contributed by atoms with Crippen molar-refractivity contribution >= 4 is 5.91 Å². The fourth-order valence-electron chi connectivity index (χ4n) is 4.25. The molecule has 3 aromatic rings. The van der Waals surface area contributed by atoms with Crippen LogP contribution in [0, 0.1) is 25.5 Å². The minimum absolute atomic E-state index is 0.0313. The smallest absolute Gasteiger partial charge is 0.220 e. The Balaban J connectivity index is 1.48. The molecule has 8 heteroatoms. The Bertz CT molecular complexity index is 1100. The van der Waals surface area contributed by atoms with Crippen molar-refractivity contribution in [1.29, 1.82) is 0 Å². The molecule has 6 nitrogen and oxygen atoms in total. The highest BCUT2D eigenvalue weighted by atomic mass is 19.1. The number of carbonyl (C=O) groups is 1. The Morgan fingerprint density at radius 1 is 1.30 bits per heavy atom. The van der Waals surface area contributed by atoms with Gasteiger partial charge < -0.3 is 5.32 Å². The summed E-state index contributed by atoms with van der Waals surface area (Å²) >= 11 is 0. The summed E-state index contributed by atoms with van der Waals surface area (Å²) in [6, 6.07) is 3.30. The Kier molecular flexibility index (Phi) is 5.40. The average molecular weight is 413 g/mol. The van der Waals surface area contributed by atoms with Gasteiger partial charge in [0.2, 0.25) is 5.91 Å². The molecule has 1 amide bonds. The van der Waals surface area contributed by atoms with Crippen LogP contribution in [0.3, 0.4) is 0 Å². The van der Waals surface area contributed by atoms with Crippen molar-refractivity contribution in [1.82, 2.24) is 24.9 Å². The molecule has 1 N–H and O–H groups in total. The molecule has 0 saturated carbocycles. The van der Waals surface area contributed by atoms with E-state index in [4.69, 9.17) is 0 Å². The number of carbonyl (C=O) groups excluding carboxylic acids is 1. The average Bonchev–Trinajstić information content (AvgIpc) is 3.22. The third kappa shape index (κ3) is 3.74. The molecule has 1 aromatic carbocycles. The molecular weight excluding hydrogens is 388 g/mol. The molecule has 4 rings (SSSR count). The van der Waals surface area contributed by atoms with Crippen LogP contribution in [0.5, 0.6) is 0 Å². The number of fused-ring (bicyclic) bond motifs is 1. The number of amides is 1. The Labute approximate surface area is 173 Å². The van der Waals surface area contributed by atoms with Crippen molar-refractivity contribution in [3.8, 4) is 5.69 Å². The van der Waals surface area contributed by atoms with Gasteiger partial charge in [0.1, 0.15) is 11.5 Å². The van der Waals surface area contributed by atoms with Crippen molar-refractivity contribution in [2.45, 2.75) is 52.0 Å². The number of rotatable bonds is 5. The highest BCUT2D eigenvalue weighted by Crippen LogP contribution is 2.31. The van der Waals surface area contributed by atoms with Crippen molar-refractivity contribution in [2.24, 2.45) is 7.05 Å². The predicted octanol–water partition coefficient (Wildman–Crippen LogP) is 3.63. The number of benzene rings is 1. The summed E-state index contributed by atoms with van der Waals surface area (Å²) in [5.74, 6) is -1.31. The first kappa shape index (κ1) is 20.3. The summed E-state index contributed by atoms with van der Waals surface area (Å²) in [6.07, 6.45) is 5.08. The van der Waals surface area contributed by atoms with E-state index in [1.54, 1.807) is 6.20 Å². The molecule has 0 radical (unpaired) electrons. The molecular formula is C22H25F2N5O. The number of nitrogens with one attached hydrogen (secondary N) is 1. The van der Waals surface area contributed by atoms with Crippen molar-refractivity contribution in [3.63, 3.8) is 0 Å². The van der Waals surface area contributed by atoms with Gasteiger partial charge in [-0.15, -0.1) is 0 Å². The second kappa shape index (κ2) is 8.01. The van der Waals surface area contributed by atoms with E-state index in [-0.39, 0.29) is 17.6 Å². The Morgan fingerprint density at radius 2 is 2.10 bits per heavy atom. The van der Waals surface area contributed by atoms with Crippen LogP contribution in [0.25, 0.3) is 5.69 Å². The summed E-state index contributed by atoms with van der Waals surface area (Å²) in [4.78, 5) is 12.6. The van der Waals surface area contributed by atoms with E-state index in [1.807, 2.05) is 25.6 Å². The largest absolute Gasteiger partial charge is 0.349 e. The highest BCUT2D eigenvalue weighted by molar-refractivity contribution is 5.77. The van der Waals surface area contributed by atoms with Crippen LogP contribution in [0.4, 0.5) is 8.78 Å². The third-order valence-electron chi connectivity index (χ3n) is 5.92. The standard InChI is InChI=1S/C22H25F2N5O/c1-13-16(14(2)28(3)27-13)8-10-22(30)26-19-5-4-6-20-17(19)12-25-29(20)21-9-7-15(23)11-18(21)24/h7,9,11-12,19H,4-6,8,10H2,1-3H3,(H,26,30)/t19-/m1/s1. The van der Waals surface area contributed by atoms with Gasteiger partial charge in [-0.1, -0.05) is 0 Å². The summed E-state index contributed by atoms with van der Waals surface area (Å²) in [5, 5.41) is 11.8. The van der Waals surface area contributed by atoms with Gasteiger partial charge in [0, 0.05) is 36.5 Å². The van der Waals surface area contributed by atoms with Crippen molar-refractivity contribution in [3.05, 3.63) is 64.2 Å². The first-order valence-corrected chi connectivity index (χ1v) is 10.2. The number of nitrogens with zero attached hydrogens (tertiary/aromatic N) is 4. The van der Waals surface area contributed by atoms with Gasteiger partial charge in [0.25, 0.3) is 0 Å². The number of hydrogen-bond acceptors (Lipinski definition) is 3. The van der Waals surface area contributed by atoms with E-state index in [0.717, 1.165) is 53.5 Å². The van der Waals surface area contributed by atoms with E-state index in [9.17, 15) is 13.6 Å². The van der Waals surface area contributed by atoms with Gasteiger partial charge in [-0.2, -0.15) is 10.2 Å². The molecule has 2 aromatic heterocycles. The van der Waals surface area contributed by atoms with Crippen LogP contribution in [0.2, 0.25) is 0 Å². The molecule has 1 aliphatic carbocycles. The lowest BCUT2D eigenvalue weighted by Crippen LogP contribution is -2.31. The predicted molar refractivity (Wildman–Crippen MR) is 108 cm³/mol. The van der Waals surface area contributed by atoms with E-state index in [1.165, 1.54) is 16.8 Å². The molecule has 158 valence electrons. The zero-order valence-electron chi connectivity index (χ0n) is 17.4. The lowest BCUT2D eigenvalue weighted by Gasteiger charge is -2.24. The summed E-state index contributed by atoms with van der Waals surface area (Å²) in [6.45, 7) is 3.96. The lowest BCUT2D eigenvalue weighted by molar-refractivity contribution is -0.121. The van der Waals surface area contributed by atoms with E-state index in [2.05, 4.69) is 15.5 Å². The van der Waals surface area contributed by atoms with Crippen LogP contribution in [-0.4, -0.2) is 25.5 Å². The first-order chi connectivity index (χ1) is 14.3.